The zero-order valence-corrected chi connectivity index (χ0v) is 18.4. The van der Waals surface area contributed by atoms with Crippen molar-refractivity contribution in [3.63, 3.8) is 0 Å². The highest BCUT2D eigenvalue weighted by Crippen LogP contribution is 2.22. The largest absolute Gasteiger partial charge is 0.393 e. The van der Waals surface area contributed by atoms with Crippen LogP contribution < -0.4 is 0 Å². The van der Waals surface area contributed by atoms with Crippen molar-refractivity contribution in [2.24, 2.45) is 5.92 Å². The van der Waals surface area contributed by atoms with Crippen LogP contribution in [0.5, 0.6) is 0 Å². The Morgan fingerprint density at radius 3 is 1.64 bits per heavy atom. The summed E-state index contributed by atoms with van der Waals surface area (Å²) in [4.78, 5) is 22.4. The summed E-state index contributed by atoms with van der Waals surface area (Å²) in [6, 6.07) is 0. The lowest BCUT2D eigenvalue weighted by Gasteiger charge is -2.04. The van der Waals surface area contributed by atoms with E-state index in [0.717, 1.165) is 19.3 Å². The van der Waals surface area contributed by atoms with Gasteiger partial charge in [0.05, 0.1) is 12.3 Å². The average Bonchev–Trinajstić information content (AvgIpc) is 3.00. The number of esters is 2. The molecule has 0 saturated carbocycles. The molecule has 1 unspecified atom stereocenters. The molecule has 0 radical (unpaired) electrons. The lowest BCUT2D eigenvalue weighted by Crippen LogP contribution is -2.06. The normalized spacial score (nSPS) is 17.0. The van der Waals surface area contributed by atoms with Gasteiger partial charge in [-0.15, -0.1) is 0 Å². The molecule has 1 saturated heterocycles. The van der Waals surface area contributed by atoms with Crippen molar-refractivity contribution < 1.29 is 14.3 Å². The lowest BCUT2D eigenvalue weighted by molar-refractivity contribution is -0.153. The molecular formula is C25H44O3. The van der Waals surface area contributed by atoms with Gasteiger partial charge < -0.3 is 4.74 Å². The molecule has 1 atom stereocenters. The molecule has 0 aromatic rings. The molecule has 162 valence electrons. The Balaban J connectivity index is 1.74. The van der Waals surface area contributed by atoms with Crippen molar-refractivity contribution in [3.05, 3.63) is 12.2 Å². The van der Waals surface area contributed by atoms with Crippen LogP contribution in [0.1, 0.15) is 129 Å². The maximum atomic E-state index is 11.4. The van der Waals surface area contributed by atoms with Crippen molar-refractivity contribution in [1.29, 1.82) is 0 Å². The Hall–Kier alpha value is -1.12. The molecule has 0 aromatic heterocycles. The fraction of sp³-hybridized carbons (Fsp3) is 0.840. The van der Waals surface area contributed by atoms with Crippen LogP contribution in [-0.4, -0.2) is 11.9 Å². The van der Waals surface area contributed by atoms with E-state index < -0.39 is 0 Å². The third kappa shape index (κ3) is 14.0. The van der Waals surface area contributed by atoms with E-state index in [-0.39, 0.29) is 17.9 Å². The van der Waals surface area contributed by atoms with Crippen molar-refractivity contribution >= 4 is 11.9 Å². The van der Waals surface area contributed by atoms with Gasteiger partial charge in [-0.2, -0.15) is 0 Å². The number of unbranched alkanes of at least 4 members (excludes halogenated alkanes) is 15. The highest BCUT2D eigenvalue weighted by atomic mass is 16.6. The zero-order chi connectivity index (χ0) is 20.3. The molecule has 1 aliphatic heterocycles. The van der Waals surface area contributed by atoms with E-state index in [1.54, 1.807) is 0 Å². The molecule has 3 nitrogen and oxygen atoms in total. The van der Waals surface area contributed by atoms with E-state index in [2.05, 4.69) is 23.8 Å². The maximum absolute atomic E-state index is 11.4. The third-order valence-electron chi connectivity index (χ3n) is 5.78. The molecule has 0 spiro atoms. The van der Waals surface area contributed by atoms with Gasteiger partial charge in [0.25, 0.3) is 0 Å². The zero-order valence-electron chi connectivity index (χ0n) is 18.4. The standard InChI is InChI=1S/C25H44O3/c1-2-3-4-5-6-7-8-9-10-11-12-13-14-15-16-17-18-19-20-21-23-22-24(26)28-25(23)27/h11-12,23H,2-10,13-22H2,1H3/b12-11+. The van der Waals surface area contributed by atoms with E-state index in [4.69, 9.17) is 0 Å². The summed E-state index contributed by atoms with van der Waals surface area (Å²) < 4.78 is 4.58. The summed E-state index contributed by atoms with van der Waals surface area (Å²) >= 11 is 0. The number of allylic oxidation sites excluding steroid dienone is 2. The van der Waals surface area contributed by atoms with Crippen LogP contribution in [0.2, 0.25) is 0 Å². The molecule has 0 aromatic carbocycles. The second kappa shape index (κ2) is 17.9. The smallest absolute Gasteiger partial charge is 0.317 e. The van der Waals surface area contributed by atoms with Crippen LogP contribution >= 0.6 is 0 Å². The summed E-state index contributed by atoms with van der Waals surface area (Å²) in [5, 5.41) is 0. The summed E-state index contributed by atoms with van der Waals surface area (Å²) in [6.07, 6.45) is 28.2. The van der Waals surface area contributed by atoms with Crippen LogP contribution in [0.25, 0.3) is 0 Å². The van der Waals surface area contributed by atoms with Crippen LogP contribution in [0.4, 0.5) is 0 Å². The monoisotopic (exact) mass is 392 g/mol. The molecule has 0 N–H and O–H groups in total. The number of carbonyl (C=O) groups excluding carboxylic acids is 2. The summed E-state index contributed by atoms with van der Waals surface area (Å²) in [5.41, 5.74) is 0. The fourth-order valence-corrected chi connectivity index (χ4v) is 3.91. The number of hydrogen-bond acceptors (Lipinski definition) is 3. The van der Waals surface area contributed by atoms with E-state index in [0.29, 0.717) is 6.42 Å². The van der Waals surface area contributed by atoms with Crippen LogP contribution in [0, 0.1) is 5.92 Å². The van der Waals surface area contributed by atoms with E-state index in [9.17, 15) is 9.59 Å². The predicted octanol–water partition coefficient (Wildman–Crippen LogP) is 7.67. The van der Waals surface area contributed by atoms with E-state index in [1.807, 2.05) is 0 Å². The maximum Gasteiger partial charge on any atom is 0.317 e. The number of ether oxygens (including phenoxy) is 1. The first kappa shape index (κ1) is 24.9. The molecule has 1 heterocycles. The number of hydrogen-bond donors (Lipinski definition) is 0. The molecule has 1 rings (SSSR count). The lowest BCUT2D eigenvalue weighted by atomic mass is 9.99. The molecule has 0 amide bonds. The first-order valence-electron chi connectivity index (χ1n) is 12.1. The highest BCUT2D eigenvalue weighted by molar-refractivity contribution is 5.94. The predicted molar refractivity (Wildman–Crippen MR) is 117 cm³/mol. The van der Waals surface area contributed by atoms with Gasteiger partial charge in [0.2, 0.25) is 0 Å². The van der Waals surface area contributed by atoms with Crippen molar-refractivity contribution in [2.75, 3.05) is 0 Å². The minimum absolute atomic E-state index is 0.162. The summed E-state index contributed by atoms with van der Waals surface area (Å²) in [6.45, 7) is 2.28. The summed E-state index contributed by atoms with van der Waals surface area (Å²) in [5.74, 6) is -0.813. The fourth-order valence-electron chi connectivity index (χ4n) is 3.91. The SMILES string of the molecule is CCCCCCCCCC/C=C/CCCCCCCCCC1CC(=O)OC1=O. The molecule has 0 aliphatic carbocycles. The minimum Gasteiger partial charge on any atom is -0.393 e. The first-order valence-corrected chi connectivity index (χ1v) is 12.1. The Bertz CT molecular complexity index is 428. The molecule has 0 bridgehead atoms. The Kier molecular flexibility index (Phi) is 16.0. The van der Waals surface area contributed by atoms with Gasteiger partial charge in [-0.3, -0.25) is 9.59 Å². The van der Waals surface area contributed by atoms with Crippen molar-refractivity contribution in [3.8, 4) is 0 Å². The molecular weight excluding hydrogens is 348 g/mol. The number of rotatable bonds is 19. The van der Waals surface area contributed by atoms with E-state index in [1.165, 1.54) is 96.3 Å². The number of carbonyl (C=O) groups is 2. The van der Waals surface area contributed by atoms with Gasteiger partial charge in [0, 0.05) is 0 Å². The van der Waals surface area contributed by atoms with Gasteiger partial charge >= 0.3 is 11.9 Å². The van der Waals surface area contributed by atoms with Gasteiger partial charge in [-0.25, -0.2) is 0 Å². The molecule has 3 heteroatoms. The van der Waals surface area contributed by atoms with Gasteiger partial charge in [-0.1, -0.05) is 103 Å². The number of cyclic esters (lactones) is 2. The molecule has 28 heavy (non-hydrogen) atoms. The topological polar surface area (TPSA) is 43.4 Å². The van der Waals surface area contributed by atoms with Gasteiger partial charge in [-0.05, 0) is 32.1 Å². The highest BCUT2D eigenvalue weighted by Gasteiger charge is 2.32. The Morgan fingerprint density at radius 2 is 1.18 bits per heavy atom. The van der Waals surface area contributed by atoms with Crippen LogP contribution in [-0.2, 0) is 14.3 Å². The second-order valence-corrected chi connectivity index (χ2v) is 8.48. The quantitative estimate of drug-likeness (QED) is 0.0980. The average molecular weight is 393 g/mol. The Labute approximate surface area is 173 Å². The Morgan fingerprint density at radius 1 is 0.714 bits per heavy atom. The first-order chi connectivity index (χ1) is 13.7. The van der Waals surface area contributed by atoms with Crippen LogP contribution in [0.3, 0.4) is 0 Å². The minimum atomic E-state index is -0.346. The molecule has 1 aliphatic rings. The van der Waals surface area contributed by atoms with Crippen molar-refractivity contribution in [2.45, 2.75) is 129 Å². The van der Waals surface area contributed by atoms with E-state index >= 15 is 0 Å². The van der Waals surface area contributed by atoms with Crippen molar-refractivity contribution in [1.82, 2.24) is 0 Å². The molecule has 1 fully saturated rings. The summed E-state index contributed by atoms with van der Waals surface area (Å²) in [7, 11) is 0. The van der Waals surface area contributed by atoms with Gasteiger partial charge in [0.1, 0.15) is 0 Å². The second-order valence-electron chi connectivity index (χ2n) is 8.48. The van der Waals surface area contributed by atoms with Gasteiger partial charge in [0.15, 0.2) is 0 Å². The third-order valence-corrected chi connectivity index (χ3v) is 5.78. The van der Waals surface area contributed by atoms with Crippen LogP contribution in [0.15, 0.2) is 12.2 Å².